The maximum absolute atomic E-state index is 6.21. The third-order valence-corrected chi connectivity index (χ3v) is 4.46. The average molecular weight is 337 g/mol. The van der Waals surface area contributed by atoms with Crippen LogP contribution in [0.3, 0.4) is 0 Å². The summed E-state index contributed by atoms with van der Waals surface area (Å²) in [7, 11) is 1.67. The number of rotatable bonds is 6. The molecule has 1 atom stereocenters. The number of halogens is 1. The van der Waals surface area contributed by atoms with Gasteiger partial charge in [0.15, 0.2) is 5.82 Å². The van der Waals surface area contributed by atoms with Crippen molar-refractivity contribution in [2.45, 2.75) is 31.7 Å². The Morgan fingerprint density at radius 2 is 2.39 bits per heavy atom. The van der Waals surface area contributed by atoms with E-state index in [-0.39, 0.29) is 5.92 Å². The standard InChI is InChI=1S/C16H21ClN4O2/c1-22-8-5-15-19-16(23-20-15)13-3-2-7-21(11-13)10-12-4-6-18-9-14(12)17/h4,6,9,13H,2-3,5,7-8,10-11H2,1H3. The Morgan fingerprint density at radius 3 is 3.22 bits per heavy atom. The first kappa shape index (κ1) is 16.4. The van der Waals surface area contributed by atoms with E-state index in [2.05, 4.69) is 20.0 Å². The van der Waals surface area contributed by atoms with Crippen LogP contribution in [0.2, 0.25) is 5.02 Å². The first-order chi connectivity index (χ1) is 11.3. The van der Waals surface area contributed by atoms with Crippen LogP contribution in [-0.2, 0) is 17.7 Å². The Balaban J connectivity index is 1.62. The summed E-state index contributed by atoms with van der Waals surface area (Å²) in [5, 5.41) is 4.75. The molecule has 2 aromatic heterocycles. The van der Waals surface area contributed by atoms with Gasteiger partial charge in [-0.15, -0.1) is 0 Å². The van der Waals surface area contributed by atoms with Crippen LogP contribution < -0.4 is 0 Å². The molecule has 6 nitrogen and oxygen atoms in total. The van der Waals surface area contributed by atoms with Crippen molar-refractivity contribution < 1.29 is 9.26 Å². The van der Waals surface area contributed by atoms with Gasteiger partial charge in [-0.1, -0.05) is 16.8 Å². The van der Waals surface area contributed by atoms with E-state index in [1.54, 1.807) is 19.5 Å². The van der Waals surface area contributed by atoms with Crippen LogP contribution in [0.5, 0.6) is 0 Å². The maximum atomic E-state index is 6.21. The largest absolute Gasteiger partial charge is 0.384 e. The van der Waals surface area contributed by atoms with E-state index in [1.165, 1.54) is 0 Å². The van der Waals surface area contributed by atoms with Crippen molar-refractivity contribution in [1.82, 2.24) is 20.0 Å². The highest BCUT2D eigenvalue weighted by molar-refractivity contribution is 6.31. The number of piperidine rings is 1. The molecule has 1 aliphatic rings. The Kier molecular flexibility index (Phi) is 5.59. The summed E-state index contributed by atoms with van der Waals surface area (Å²) in [6.45, 7) is 3.39. The molecule has 1 saturated heterocycles. The van der Waals surface area contributed by atoms with Crippen LogP contribution in [-0.4, -0.2) is 46.8 Å². The van der Waals surface area contributed by atoms with Crippen molar-refractivity contribution in [2.24, 2.45) is 0 Å². The van der Waals surface area contributed by atoms with Crippen molar-refractivity contribution in [2.75, 3.05) is 26.8 Å². The van der Waals surface area contributed by atoms with Crippen molar-refractivity contribution >= 4 is 11.6 Å². The molecule has 0 amide bonds. The van der Waals surface area contributed by atoms with Gasteiger partial charge in [0.2, 0.25) is 5.89 Å². The molecule has 3 rings (SSSR count). The lowest BCUT2D eigenvalue weighted by Crippen LogP contribution is -2.34. The van der Waals surface area contributed by atoms with Crippen molar-refractivity contribution in [3.05, 3.63) is 40.8 Å². The third-order valence-electron chi connectivity index (χ3n) is 4.12. The Bertz CT molecular complexity index is 634. The number of nitrogens with zero attached hydrogens (tertiary/aromatic N) is 4. The molecule has 1 fully saturated rings. The van der Waals surface area contributed by atoms with E-state index in [0.29, 0.717) is 18.1 Å². The molecule has 2 aromatic rings. The lowest BCUT2D eigenvalue weighted by atomic mass is 9.97. The normalized spacial score (nSPS) is 19.1. The highest BCUT2D eigenvalue weighted by Gasteiger charge is 2.26. The summed E-state index contributed by atoms with van der Waals surface area (Å²) in [5.74, 6) is 1.74. The van der Waals surface area contributed by atoms with Gasteiger partial charge in [0.25, 0.3) is 0 Å². The maximum Gasteiger partial charge on any atom is 0.231 e. The predicted octanol–water partition coefficient (Wildman–Crippen LogP) is 2.69. The number of methoxy groups -OCH3 is 1. The molecular weight excluding hydrogens is 316 g/mol. The van der Waals surface area contributed by atoms with Crippen LogP contribution in [0, 0.1) is 0 Å². The lowest BCUT2D eigenvalue weighted by Gasteiger charge is -2.31. The zero-order chi connectivity index (χ0) is 16.1. The summed E-state index contributed by atoms with van der Waals surface area (Å²) < 4.78 is 10.5. The second-order valence-corrected chi connectivity index (χ2v) is 6.24. The summed E-state index contributed by atoms with van der Waals surface area (Å²) in [6.07, 6.45) is 6.35. The monoisotopic (exact) mass is 336 g/mol. The molecular formula is C16H21ClN4O2. The highest BCUT2D eigenvalue weighted by Crippen LogP contribution is 2.27. The number of ether oxygens (including phenoxy) is 1. The number of aromatic nitrogens is 3. The molecule has 0 radical (unpaired) electrons. The fraction of sp³-hybridized carbons (Fsp3) is 0.562. The number of likely N-dealkylation sites (tertiary alicyclic amines) is 1. The Hall–Kier alpha value is -1.50. The van der Waals surface area contributed by atoms with Gasteiger partial charge in [-0.25, -0.2) is 0 Å². The predicted molar refractivity (Wildman–Crippen MR) is 86.4 cm³/mol. The van der Waals surface area contributed by atoms with Gasteiger partial charge in [-0.05, 0) is 31.0 Å². The summed E-state index contributed by atoms with van der Waals surface area (Å²) in [6, 6.07) is 1.97. The SMILES string of the molecule is COCCc1noc(C2CCCN(Cc3ccncc3Cl)C2)n1. The summed E-state index contributed by atoms with van der Waals surface area (Å²) in [4.78, 5) is 10.9. The molecule has 1 unspecified atom stereocenters. The van der Waals surface area contributed by atoms with Gasteiger partial charge in [0.05, 0.1) is 17.5 Å². The highest BCUT2D eigenvalue weighted by atomic mass is 35.5. The topological polar surface area (TPSA) is 64.3 Å². The second kappa shape index (κ2) is 7.86. The van der Waals surface area contributed by atoms with Crippen LogP contribution in [0.25, 0.3) is 0 Å². The average Bonchev–Trinajstić information content (AvgIpc) is 3.04. The fourth-order valence-corrected chi connectivity index (χ4v) is 3.08. The van der Waals surface area contributed by atoms with Crippen LogP contribution in [0.15, 0.2) is 23.0 Å². The zero-order valence-corrected chi connectivity index (χ0v) is 14.0. The summed E-state index contributed by atoms with van der Waals surface area (Å²) in [5.41, 5.74) is 1.11. The van der Waals surface area contributed by atoms with E-state index in [9.17, 15) is 0 Å². The minimum absolute atomic E-state index is 0.285. The zero-order valence-electron chi connectivity index (χ0n) is 13.2. The van der Waals surface area contributed by atoms with E-state index < -0.39 is 0 Å². The van der Waals surface area contributed by atoms with E-state index in [1.807, 2.05) is 6.07 Å². The van der Waals surface area contributed by atoms with Gasteiger partial charge in [0.1, 0.15) is 0 Å². The molecule has 0 aliphatic carbocycles. The van der Waals surface area contributed by atoms with Crippen molar-refractivity contribution in [1.29, 1.82) is 0 Å². The van der Waals surface area contributed by atoms with Gasteiger partial charge in [-0.3, -0.25) is 9.88 Å². The van der Waals surface area contributed by atoms with Crippen LogP contribution in [0.1, 0.15) is 36.0 Å². The van der Waals surface area contributed by atoms with E-state index in [0.717, 1.165) is 49.8 Å². The van der Waals surface area contributed by atoms with Crippen molar-refractivity contribution in [3.8, 4) is 0 Å². The molecule has 1 aliphatic heterocycles. The van der Waals surface area contributed by atoms with Gasteiger partial charge < -0.3 is 9.26 Å². The number of hydrogen-bond donors (Lipinski definition) is 0. The van der Waals surface area contributed by atoms with Crippen LogP contribution >= 0.6 is 11.6 Å². The van der Waals surface area contributed by atoms with E-state index in [4.69, 9.17) is 20.9 Å². The molecule has 7 heteroatoms. The third kappa shape index (κ3) is 4.28. The Morgan fingerprint density at radius 1 is 1.48 bits per heavy atom. The molecule has 3 heterocycles. The molecule has 0 N–H and O–H groups in total. The number of hydrogen-bond acceptors (Lipinski definition) is 6. The number of pyridine rings is 1. The minimum atomic E-state index is 0.285. The second-order valence-electron chi connectivity index (χ2n) is 5.83. The molecule has 23 heavy (non-hydrogen) atoms. The molecule has 0 bridgehead atoms. The van der Waals surface area contributed by atoms with Gasteiger partial charge in [0, 0.05) is 39.0 Å². The van der Waals surface area contributed by atoms with Gasteiger partial charge in [-0.2, -0.15) is 4.98 Å². The molecule has 0 aromatic carbocycles. The molecule has 0 saturated carbocycles. The molecule has 124 valence electrons. The van der Waals surface area contributed by atoms with E-state index >= 15 is 0 Å². The molecule has 0 spiro atoms. The minimum Gasteiger partial charge on any atom is -0.384 e. The fourth-order valence-electron chi connectivity index (χ4n) is 2.90. The first-order valence-corrected chi connectivity index (χ1v) is 8.26. The quantitative estimate of drug-likeness (QED) is 0.808. The summed E-state index contributed by atoms with van der Waals surface area (Å²) >= 11 is 6.21. The van der Waals surface area contributed by atoms with Crippen LogP contribution in [0.4, 0.5) is 0 Å². The van der Waals surface area contributed by atoms with Crippen molar-refractivity contribution in [3.63, 3.8) is 0 Å². The van der Waals surface area contributed by atoms with Gasteiger partial charge >= 0.3 is 0 Å². The Labute approximate surface area is 140 Å². The first-order valence-electron chi connectivity index (χ1n) is 7.88. The lowest BCUT2D eigenvalue weighted by molar-refractivity contribution is 0.180. The smallest absolute Gasteiger partial charge is 0.231 e.